The summed E-state index contributed by atoms with van der Waals surface area (Å²) in [6, 6.07) is -0.0330. The number of carbonyl (C=O) groups is 1. The molecule has 18 heavy (non-hydrogen) atoms. The molecule has 0 aliphatic rings. The Balaban J connectivity index is 3.80. The summed E-state index contributed by atoms with van der Waals surface area (Å²) < 4.78 is 10.1. The first-order valence-corrected chi connectivity index (χ1v) is 6.85. The van der Waals surface area contributed by atoms with E-state index in [0.29, 0.717) is 13.2 Å². The highest BCUT2D eigenvalue weighted by Crippen LogP contribution is 1.99. The summed E-state index contributed by atoms with van der Waals surface area (Å²) in [6.45, 7) is 7.19. The summed E-state index contributed by atoms with van der Waals surface area (Å²) in [5, 5.41) is 2.77. The smallest absolute Gasteiger partial charge is 0.319 e. The van der Waals surface area contributed by atoms with E-state index in [9.17, 15) is 4.79 Å². The summed E-state index contributed by atoms with van der Waals surface area (Å²) in [5.74, 6) is 0. The maximum atomic E-state index is 11.9. The van der Waals surface area contributed by atoms with Gasteiger partial charge in [0.05, 0.1) is 13.2 Å². The Kier molecular flexibility index (Phi) is 12.1. The molecule has 0 aliphatic heterocycles. The highest BCUT2D eigenvalue weighted by atomic mass is 16.5. The normalized spacial score (nSPS) is 10.4. The fourth-order valence-electron chi connectivity index (χ4n) is 1.45. The van der Waals surface area contributed by atoms with Crippen LogP contribution in [-0.4, -0.2) is 51.1 Å². The minimum atomic E-state index is -0.0330. The second-order valence-electron chi connectivity index (χ2n) is 4.22. The number of nitrogens with zero attached hydrogens (tertiary/aromatic N) is 1. The van der Waals surface area contributed by atoms with Crippen LogP contribution in [-0.2, 0) is 9.47 Å². The van der Waals surface area contributed by atoms with Crippen molar-refractivity contribution < 1.29 is 14.3 Å². The van der Waals surface area contributed by atoms with Crippen LogP contribution in [0.25, 0.3) is 0 Å². The molecule has 0 aliphatic carbocycles. The maximum Gasteiger partial charge on any atom is 0.319 e. The van der Waals surface area contributed by atoms with Gasteiger partial charge >= 0.3 is 6.03 Å². The van der Waals surface area contributed by atoms with Crippen LogP contribution in [0.3, 0.4) is 0 Å². The Morgan fingerprint density at radius 3 is 2.22 bits per heavy atom. The molecule has 0 aromatic carbocycles. The van der Waals surface area contributed by atoms with Crippen LogP contribution < -0.4 is 5.32 Å². The Morgan fingerprint density at radius 2 is 1.72 bits per heavy atom. The third-order valence-electron chi connectivity index (χ3n) is 2.61. The number of unbranched alkanes of at least 4 members (excludes halogenated alkanes) is 2. The van der Waals surface area contributed by atoms with E-state index in [4.69, 9.17) is 9.47 Å². The molecule has 0 spiro atoms. The third kappa shape index (κ3) is 9.24. The van der Waals surface area contributed by atoms with Gasteiger partial charge in [0.25, 0.3) is 0 Å². The van der Waals surface area contributed by atoms with Gasteiger partial charge in [-0.1, -0.05) is 26.7 Å². The Labute approximate surface area is 111 Å². The van der Waals surface area contributed by atoms with E-state index in [1.54, 1.807) is 7.11 Å². The lowest BCUT2D eigenvalue weighted by Gasteiger charge is -2.22. The largest absolute Gasteiger partial charge is 0.382 e. The standard InChI is InChI=1S/C13H28N2O3/c1-4-6-8-15(9-7-5-2)13(16)14-12-18-11-10-17-3/h4-12H2,1-3H3,(H,14,16). The molecule has 5 heteroatoms. The predicted molar refractivity (Wildman–Crippen MR) is 72.6 cm³/mol. The number of rotatable bonds is 11. The van der Waals surface area contributed by atoms with E-state index in [1.165, 1.54) is 0 Å². The molecule has 0 bridgehead atoms. The second kappa shape index (κ2) is 12.6. The van der Waals surface area contributed by atoms with E-state index in [1.807, 2.05) is 4.90 Å². The number of urea groups is 1. The molecular weight excluding hydrogens is 232 g/mol. The Hall–Kier alpha value is -0.810. The fourth-order valence-corrected chi connectivity index (χ4v) is 1.45. The number of amides is 2. The summed E-state index contributed by atoms with van der Waals surface area (Å²) in [7, 11) is 1.62. The quantitative estimate of drug-likeness (QED) is 0.458. The van der Waals surface area contributed by atoms with E-state index >= 15 is 0 Å². The van der Waals surface area contributed by atoms with Gasteiger partial charge in [0.1, 0.15) is 6.73 Å². The highest BCUT2D eigenvalue weighted by molar-refractivity contribution is 5.73. The summed E-state index contributed by atoms with van der Waals surface area (Å²) in [6.07, 6.45) is 4.28. The SMILES string of the molecule is CCCCN(CCCC)C(=O)NCOCCOC. The second-order valence-corrected chi connectivity index (χ2v) is 4.22. The van der Waals surface area contributed by atoms with Gasteiger partial charge in [-0.3, -0.25) is 0 Å². The zero-order chi connectivity index (χ0) is 13.6. The van der Waals surface area contributed by atoms with Crippen molar-refractivity contribution in [2.45, 2.75) is 39.5 Å². The maximum absolute atomic E-state index is 11.9. The zero-order valence-corrected chi connectivity index (χ0v) is 12.0. The molecule has 5 nitrogen and oxygen atoms in total. The average Bonchev–Trinajstić information content (AvgIpc) is 2.38. The zero-order valence-electron chi connectivity index (χ0n) is 12.0. The molecule has 0 saturated heterocycles. The van der Waals surface area contributed by atoms with Crippen molar-refractivity contribution in [3.63, 3.8) is 0 Å². The third-order valence-corrected chi connectivity index (χ3v) is 2.61. The summed E-state index contributed by atoms with van der Waals surface area (Å²) in [4.78, 5) is 13.8. The minimum Gasteiger partial charge on any atom is -0.382 e. The van der Waals surface area contributed by atoms with Gasteiger partial charge in [-0.25, -0.2) is 4.79 Å². The van der Waals surface area contributed by atoms with Crippen LogP contribution >= 0.6 is 0 Å². The van der Waals surface area contributed by atoms with Gasteiger partial charge in [-0.05, 0) is 12.8 Å². The van der Waals surface area contributed by atoms with Crippen molar-refractivity contribution in [1.82, 2.24) is 10.2 Å². The van der Waals surface area contributed by atoms with Crippen molar-refractivity contribution in [2.75, 3.05) is 40.1 Å². The molecule has 0 heterocycles. The molecule has 108 valence electrons. The molecular formula is C13H28N2O3. The molecule has 0 aromatic rings. The molecule has 0 fully saturated rings. The van der Waals surface area contributed by atoms with Crippen molar-refractivity contribution in [3.05, 3.63) is 0 Å². The van der Waals surface area contributed by atoms with Gasteiger partial charge < -0.3 is 19.7 Å². The van der Waals surface area contributed by atoms with Crippen LogP contribution in [0.2, 0.25) is 0 Å². The summed E-state index contributed by atoms with van der Waals surface area (Å²) in [5.41, 5.74) is 0. The lowest BCUT2D eigenvalue weighted by Crippen LogP contribution is -2.42. The average molecular weight is 260 g/mol. The highest BCUT2D eigenvalue weighted by Gasteiger charge is 2.11. The van der Waals surface area contributed by atoms with E-state index in [-0.39, 0.29) is 12.8 Å². The van der Waals surface area contributed by atoms with Gasteiger partial charge in [0, 0.05) is 20.2 Å². The van der Waals surface area contributed by atoms with Crippen molar-refractivity contribution in [2.24, 2.45) is 0 Å². The fraction of sp³-hybridized carbons (Fsp3) is 0.923. The van der Waals surface area contributed by atoms with Crippen LogP contribution in [0.15, 0.2) is 0 Å². The number of hydrogen-bond acceptors (Lipinski definition) is 3. The van der Waals surface area contributed by atoms with Gasteiger partial charge in [0.15, 0.2) is 0 Å². The van der Waals surface area contributed by atoms with Crippen LogP contribution in [0.4, 0.5) is 4.79 Å². The molecule has 0 unspecified atom stereocenters. The number of ether oxygens (including phenoxy) is 2. The first-order chi connectivity index (χ1) is 8.76. The first-order valence-electron chi connectivity index (χ1n) is 6.85. The molecule has 0 saturated carbocycles. The molecule has 0 radical (unpaired) electrons. The molecule has 1 N–H and O–H groups in total. The monoisotopic (exact) mass is 260 g/mol. The summed E-state index contributed by atoms with van der Waals surface area (Å²) >= 11 is 0. The minimum absolute atomic E-state index is 0.0330. The number of carbonyl (C=O) groups excluding carboxylic acids is 1. The van der Waals surface area contributed by atoms with Crippen molar-refractivity contribution >= 4 is 6.03 Å². The number of methoxy groups -OCH3 is 1. The van der Waals surface area contributed by atoms with Crippen molar-refractivity contribution in [1.29, 1.82) is 0 Å². The lowest BCUT2D eigenvalue weighted by molar-refractivity contribution is 0.0616. The lowest BCUT2D eigenvalue weighted by atomic mass is 10.3. The molecule has 0 atom stereocenters. The van der Waals surface area contributed by atoms with Crippen LogP contribution in [0.1, 0.15) is 39.5 Å². The molecule has 2 amide bonds. The topological polar surface area (TPSA) is 50.8 Å². The van der Waals surface area contributed by atoms with Gasteiger partial charge in [-0.2, -0.15) is 0 Å². The van der Waals surface area contributed by atoms with Crippen LogP contribution in [0, 0.1) is 0 Å². The number of nitrogens with one attached hydrogen (secondary N) is 1. The van der Waals surface area contributed by atoms with Gasteiger partial charge in [0.2, 0.25) is 0 Å². The Morgan fingerprint density at radius 1 is 1.11 bits per heavy atom. The van der Waals surface area contributed by atoms with Crippen LogP contribution in [0.5, 0.6) is 0 Å². The predicted octanol–water partition coefficient (Wildman–Crippen LogP) is 2.22. The molecule has 0 rings (SSSR count). The van der Waals surface area contributed by atoms with E-state index in [0.717, 1.165) is 38.8 Å². The van der Waals surface area contributed by atoms with E-state index in [2.05, 4.69) is 19.2 Å². The Bertz CT molecular complexity index is 193. The molecule has 0 aromatic heterocycles. The number of hydrogen-bond donors (Lipinski definition) is 1. The first kappa shape index (κ1) is 17.2. The van der Waals surface area contributed by atoms with E-state index < -0.39 is 0 Å². The van der Waals surface area contributed by atoms with Crippen molar-refractivity contribution in [3.8, 4) is 0 Å². The van der Waals surface area contributed by atoms with Gasteiger partial charge in [-0.15, -0.1) is 0 Å².